The molecule has 0 aliphatic rings. The molecule has 2 aromatic heterocycles. The van der Waals surface area contributed by atoms with E-state index < -0.39 is 0 Å². The summed E-state index contributed by atoms with van der Waals surface area (Å²) >= 11 is 0. The van der Waals surface area contributed by atoms with Crippen LogP contribution in [0.1, 0.15) is 0 Å². The highest BCUT2D eigenvalue weighted by Crippen LogP contribution is 2.32. The molecular weight excluding hydrogens is 356 g/mol. The number of benzene rings is 3. The summed E-state index contributed by atoms with van der Waals surface area (Å²) in [6.07, 6.45) is 0. The summed E-state index contributed by atoms with van der Waals surface area (Å²) in [4.78, 5) is 9.19. The van der Waals surface area contributed by atoms with Crippen LogP contribution in [0.2, 0.25) is 0 Å². The lowest BCUT2D eigenvalue weighted by Crippen LogP contribution is -1.83. The molecular formula is C22H16N2O4. The van der Waals surface area contributed by atoms with Gasteiger partial charge in [0.1, 0.15) is 22.5 Å². The van der Waals surface area contributed by atoms with E-state index in [9.17, 15) is 0 Å². The minimum Gasteiger partial charge on any atom is -0.497 e. The molecule has 0 saturated carbocycles. The first kappa shape index (κ1) is 16.4. The van der Waals surface area contributed by atoms with E-state index >= 15 is 0 Å². The molecule has 2 heterocycles. The van der Waals surface area contributed by atoms with Crippen LogP contribution in [0, 0.1) is 0 Å². The Labute approximate surface area is 160 Å². The second-order valence-electron chi connectivity index (χ2n) is 6.29. The van der Waals surface area contributed by atoms with E-state index in [1.54, 1.807) is 14.2 Å². The number of hydrogen-bond acceptors (Lipinski definition) is 6. The summed E-state index contributed by atoms with van der Waals surface area (Å²) in [5.41, 5.74) is 4.40. The molecule has 5 rings (SSSR count). The summed E-state index contributed by atoms with van der Waals surface area (Å²) in [6, 6.07) is 18.9. The first-order valence-corrected chi connectivity index (χ1v) is 8.73. The van der Waals surface area contributed by atoms with Gasteiger partial charge in [0.15, 0.2) is 11.2 Å². The van der Waals surface area contributed by atoms with Crippen LogP contribution in [0.3, 0.4) is 0 Å². The Morgan fingerprint density at radius 2 is 1.14 bits per heavy atom. The quantitative estimate of drug-likeness (QED) is 0.425. The number of rotatable bonds is 4. The zero-order valence-corrected chi connectivity index (χ0v) is 15.3. The van der Waals surface area contributed by atoms with E-state index in [2.05, 4.69) is 9.97 Å². The molecule has 0 unspecified atom stereocenters. The predicted octanol–water partition coefficient (Wildman–Crippen LogP) is 5.32. The largest absolute Gasteiger partial charge is 0.497 e. The van der Waals surface area contributed by atoms with Crippen LogP contribution in [-0.4, -0.2) is 24.2 Å². The zero-order chi connectivity index (χ0) is 19.1. The molecule has 0 aliphatic heterocycles. The van der Waals surface area contributed by atoms with Gasteiger partial charge in [-0.05, 0) is 42.5 Å². The van der Waals surface area contributed by atoms with Crippen molar-refractivity contribution >= 4 is 22.2 Å². The second-order valence-corrected chi connectivity index (χ2v) is 6.29. The summed E-state index contributed by atoms with van der Waals surface area (Å²) in [5, 5.41) is 0. The van der Waals surface area contributed by atoms with Crippen molar-refractivity contribution in [2.24, 2.45) is 0 Å². The van der Waals surface area contributed by atoms with Crippen LogP contribution in [0.25, 0.3) is 45.1 Å². The Kier molecular flexibility index (Phi) is 3.76. The van der Waals surface area contributed by atoms with Gasteiger partial charge in [0.25, 0.3) is 0 Å². The van der Waals surface area contributed by atoms with Crippen LogP contribution >= 0.6 is 0 Å². The van der Waals surface area contributed by atoms with Gasteiger partial charge >= 0.3 is 0 Å². The maximum Gasteiger partial charge on any atom is 0.227 e. The molecule has 28 heavy (non-hydrogen) atoms. The Morgan fingerprint density at radius 3 is 1.61 bits per heavy atom. The SMILES string of the molecule is COc1cccc(-c2nc3cc4nc(-c5cccc(OC)c5)oc4cc3o2)c1. The molecule has 0 aliphatic carbocycles. The fourth-order valence-electron chi connectivity index (χ4n) is 3.11. The maximum absolute atomic E-state index is 5.94. The van der Waals surface area contributed by atoms with Gasteiger partial charge in [-0.15, -0.1) is 0 Å². The number of oxazole rings is 2. The molecule has 138 valence electrons. The van der Waals surface area contributed by atoms with Gasteiger partial charge in [-0.25, -0.2) is 9.97 Å². The van der Waals surface area contributed by atoms with E-state index in [0.29, 0.717) is 22.9 Å². The van der Waals surface area contributed by atoms with Crippen molar-refractivity contribution in [2.45, 2.75) is 0 Å². The monoisotopic (exact) mass is 372 g/mol. The van der Waals surface area contributed by atoms with Crippen LogP contribution < -0.4 is 9.47 Å². The van der Waals surface area contributed by atoms with Crippen LogP contribution in [-0.2, 0) is 0 Å². The number of nitrogens with zero attached hydrogens (tertiary/aromatic N) is 2. The van der Waals surface area contributed by atoms with Crippen molar-refractivity contribution in [1.82, 2.24) is 9.97 Å². The van der Waals surface area contributed by atoms with Gasteiger partial charge in [0, 0.05) is 17.2 Å². The van der Waals surface area contributed by atoms with Gasteiger partial charge in [-0.3, -0.25) is 0 Å². The van der Waals surface area contributed by atoms with E-state index in [-0.39, 0.29) is 0 Å². The average Bonchev–Trinajstić information content (AvgIpc) is 3.35. The molecule has 3 aromatic carbocycles. The van der Waals surface area contributed by atoms with Crippen molar-refractivity contribution in [3.63, 3.8) is 0 Å². The van der Waals surface area contributed by atoms with E-state index in [4.69, 9.17) is 18.3 Å². The Balaban J connectivity index is 1.58. The third kappa shape index (κ3) is 2.75. The average molecular weight is 372 g/mol. The lowest BCUT2D eigenvalue weighted by molar-refractivity contribution is 0.414. The molecule has 0 bridgehead atoms. The number of fused-ring (bicyclic) bond motifs is 2. The van der Waals surface area contributed by atoms with Crippen molar-refractivity contribution < 1.29 is 18.3 Å². The van der Waals surface area contributed by atoms with Gasteiger partial charge in [0.05, 0.1) is 14.2 Å². The van der Waals surface area contributed by atoms with Crippen LogP contribution in [0.5, 0.6) is 11.5 Å². The molecule has 0 amide bonds. The molecule has 0 spiro atoms. The fourth-order valence-corrected chi connectivity index (χ4v) is 3.11. The third-order valence-corrected chi connectivity index (χ3v) is 4.53. The fraction of sp³-hybridized carbons (Fsp3) is 0.0909. The highest BCUT2D eigenvalue weighted by atomic mass is 16.5. The van der Waals surface area contributed by atoms with Crippen molar-refractivity contribution in [3.8, 4) is 34.4 Å². The van der Waals surface area contributed by atoms with Gasteiger partial charge < -0.3 is 18.3 Å². The summed E-state index contributed by atoms with van der Waals surface area (Å²) < 4.78 is 22.4. The number of methoxy groups -OCH3 is 2. The van der Waals surface area contributed by atoms with E-state index in [1.807, 2.05) is 60.7 Å². The smallest absolute Gasteiger partial charge is 0.227 e. The standard InChI is InChI=1S/C22H16N2O4/c1-25-15-7-3-5-13(9-15)21-23-17-11-18-20(12-19(17)27-21)28-22(24-18)14-6-4-8-16(10-14)26-2/h3-12H,1-2H3. The number of ether oxygens (including phenoxy) is 2. The van der Waals surface area contributed by atoms with E-state index in [1.165, 1.54) is 0 Å². The first-order chi connectivity index (χ1) is 13.7. The molecule has 0 saturated heterocycles. The summed E-state index contributed by atoms with van der Waals surface area (Å²) in [7, 11) is 3.26. The Hall–Kier alpha value is -3.80. The molecule has 5 aromatic rings. The second kappa shape index (κ2) is 6.42. The lowest BCUT2D eigenvalue weighted by Gasteiger charge is -2.00. The predicted molar refractivity (Wildman–Crippen MR) is 106 cm³/mol. The van der Waals surface area contributed by atoms with Gasteiger partial charge in [-0.2, -0.15) is 0 Å². The zero-order valence-electron chi connectivity index (χ0n) is 15.3. The minimum absolute atomic E-state index is 0.523. The molecule has 0 N–H and O–H groups in total. The van der Waals surface area contributed by atoms with Crippen LogP contribution in [0.15, 0.2) is 69.5 Å². The van der Waals surface area contributed by atoms with Crippen LogP contribution in [0.4, 0.5) is 0 Å². The Bertz CT molecular complexity index is 1150. The molecule has 0 fully saturated rings. The normalized spacial score (nSPS) is 11.2. The number of hydrogen-bond donors (Lipinski definition) is 0. The first-order valence-electron chi connectivity index (χ1n) is 8.73. The Morgan fingerprint density at radius 1 is 0.643 bits per heavy atom. The minimum atomic E-state index is 0.523. The number of aromatic nitrogens is 2. The summed E-state index contributed by atoms with van der Waals surface area (Å²) in [6.45, 7) is 0. The highest BCUT2D eigenvalue weighted by Gasteiger charge is 2.14. The van der Waals surface area contributed by atoms with Gasteiger partial charge in [0.2, 0.25) is 11.8 Å². The molecule has 0 radical (unpaired) electrons. The van der Waals surface area contributed by atoms with E-state index in [0.717, 1.165) is 33.7 Å². The summed E-state index contributed by atoms with van der Waals surface area (Å²) in [5.74, 6) is 2.54. The molecule has 6 nitrogen and oxygen atoms in total. The molecule has 0 atom stereocenters. The van der Waals surface area contributed by atoms with Crippen molar-refractivity contribution in [1.29, 1.82) is 0 Å². The lowest BCUT2D eigenvalue weighted by atomic mass is 10.2. The third-order valence-electron chi connectivity index (χ3n) is 4.53. The molecule has 6 heteroatoms. The van der Waals surface area contributed by atoms with Crippen molar-refractivity contribution in [3.05, 3.63) is 60.7 Å². The maximum atomic E-state index is 5.94. The highest BCUT2D eigenvalue weighted by molar-refractivity contribution is 5.91. The topological polar surface area (TPSA) is 70.5 Å². The van der Waals surface area contributed by atoms with Gasteiger partial charge in [-0.1, -0.05) is 12.1 Å². The van der Waals surface area contributed by atoms with Crippen molar-refractivity contribution in [2.75, 3.05) is 14.2 Å².